The Morgan fingerprint density at radius 3 is 2.92 bits per heavy atom. The minimum Gasteiger partial charge on any atom is -0.459 e. The van der Waals surface area contributed by atoms with Crippen LogP contribution in [0.5, 0.6) is 0 Å². The van der Waals surface area contributed by atoms with Crippen molar-refractivity contribution in [1.82, 2.24) is 4.98 Å². The van der Waals surface area contributed by atoms with Crippen LogP contribution < -0.4 is 0 Å². The van der Waals surface area contributed by atoms with Crippen LogP contribution in [-0.4, -0.2) is 22.2 Å². The van der Waals surface area contributed by atoms with Crippen LogP contribution >= 0.6 is 11.3 Å². The van der Waals surface area contributed by atoms with Crippen LogP contribution in [-0.2, 0) is 11.3 Å². The summed E-state index contributed by atoms with van der Waals surface area (Å²) in [6.45, 7) is 3.43. The standard InChI is InChI=1S/C8H11NO3S/c1-5(2)12-8(11)6-3-9-7(4-10)13-6/h3,5,10H,4H2,1-2H3. The molecule has 1 rings (SSSR count). The van der Waals surface area contributed by atoms with Crippen molar-refractivity contribution in [3.63, 3.8) is 0 Å². The van der Waals surface area contributed by atoms with Crippen molar-refractivity contribution in [2.45, 2.75) is 26.6 Å². The fraction of sp³-hybridized carbons (Fsp3) is 0.500. The second-order valence-electron chi connectivity index (χ2n) is 2.73. The van der Waals surface area contributed by atoms with Gasteiger partial charge in [0.1, 0.15) is 9.88 Å². The minimum absolute atomic E-state index is 0.132. The molecule has 0 unspecified atom stereocenters. The van der Waals surface area contributed by atoms with Gasteiger partial charge >= 0.3 is 5.97 Å². The molecule has 0 bridgehead atoms. The molecule has 1 aromatic rings. The molecule has 0 aromatic carbocycles. The lowest BCUT2D eigenvalue weighted by Crippen LogP contribution is -2.09. The Balaban J connectivity index is 2.66. The third-order valence-electron chi connectivity index (χ3n) is 1.23. The van der Waals surface area contributed by atoms with E-state index in [1.165, 1.54) is 6.20 Å². The van der Waals surface area contributed by atoms with Gasteiger partial charge in [-0.15, -0.1) is 11.3 Å². The van der Waals surface area contributed by atoms with Gasteiger partial charge in [-0.05, 0) is 13.8 Å². The summed E-state index contributed by atoms with van der Waals surface area (Å²) in [5.41, 5.74) is 0. The van der Waals surface area contributed by atoms with E-state index in [1.807, 2.05) is 0 Å². The molecule has 0 saturated carbocycles. The average Bonchev–Trinajstić information content (AvgIpc) is 2.50. The summed E-state index contributed by atoms with van der Waals surface area (Å²) in [5.74, 6) is -0.382. The van der Waals surface area contributed by atoms with Gasteiger partial charge in [-0.2, -0.15) is 0 Å². The van der Waals surface area contributed by atoms with E-state index >= 15 is 0 Å². The molecule has 72 valence electrons. The zero-order valence-corrected chi connectivity index (χ0v) is 8.30. The maximum atomic E-state index is 11.3. The molecule has 0 atom stereocenters. The normalized spacial score (nSPS) is 10.5. The van der Waals surface area contributed by atoms with Gasteiger partial charge in [0.05, 0.1) is 18.9 Å². The smallest absolute Gasteiger partial charge is 0.350 e. The molecule has 0 saturated heterocycles. The Labute approximate surface area is 80.2 Å². The van der Waals surface area contributed by atoms with Crippen molar-refractivity contribution in [1.29, 1.82) is 0 Å². The zero-order chi connectivity index (χ0) is 9.84. The average molecular weight is 201 g/mol. The molecule has 0 amide bonds. The Kier molecular flexibility index (Phi) is 3.39. The summed E-state index contributed by atoms with van der Waals surface area (Å²) in [6, 6.07) is 0. The van der Waals surface area contributed by atoms with Crippen molar-refractivity contribution in [3.8, 4) is 0 Å². The topological polar surface area (TPSA) is 59.4 Å². The van der Waals surface area contributed by atoms with E-state index in [9.17, 15) is 4.79 Å². The van der Waals surface area contributed by atoms with Crippen LogP contribution in [0.2, 0.25) is 0 Å². The first-order chi connectivity index (χ1) is 6.13. The highest BCUT2D eigenvalue weighted by molar-refractivity contribution is 7.13. The third kappa shape index (κ3) is 2.78. The number of carbonyl (C=O) groups excluding carboxylic acids is 1. The summed E-state index contributed by atoms with van der Waals surface area (Å²) in [7, 11) is 0. The zero-order valence-electron chi connectivity index (χ0n) is 7.48. The fourth-order valence-electron chi connectivity index (χ4n) is 0.750. The van der Waals surface area contributed by atoms with Crippen molar-refractivity contribution in [2.24, 2.45) is 0 Å². The molecule has 0 aliphatic carbocycles. The van der Waals surface area contributed by atoms with Gasteiger partial charge in [0.15, 0.2) is 0 Å². The number of ether oxygens (including phenoxy) is 1. The molecule has 0 aliphatic heterocycles. The van der Waals surface area contributed by atoms with Crippen LogP contribution in [0, 0.1) is 0 Å². The quantitative estimate of drug-likeness (QED) is 0.746. The lowest BCUT2D eigenvalue weighted by Gasteiger charge is -2.04. The van der Waals surface area contributed by atoms with Crippen molar-refractivity contribution in [3.05, 3.63) is 16.1 Å². The van der Waals surface area contributed by atoms with E-state index in [4.69, 9.17) is 9.84 Å². The highest BCUT2D eigenvalue weighted by Crippen LogP contribution is 2.14. The van der Waals surface area contributed by atoms with E-state index in [0.29, 0.717) is 9.88 Å². The van der Waals surface area contributed by atoms with Gasteiger partial charge in [0.2, 0.25) is 0 Å². The minimum atomic E-state index is -0.382. The second kappa shape index (κ2) is 4.34. The Hall–Kier alpha value is -0.940. The number of hydrogen-bond donors (Lipinski definition) is 1. The van der Waals surface area contributed by atoms with Crippen LogP contribution in [0.1, 0.15) is 28.5 Å². The number of carbonyl (C=O) groups is 1. The summed E-state index contributed by atoms with van der Waals surface area (Å²) in [5, 5.41) is 9.23. The lowest BCUT2D eigenvalue weighted by molar-refractivity contribution is 0.0383. The van der Waals surface area contributed by atoms with Crippen LogP contribution in [0.25, 0.3) is 0 Å². The SMILES string of the molecule is CC(C)OC(=O)c1cnc(CO)s1. The molecule has 0 radical (unpaired) electrons. The third-order valence-corrected chi connectivity index (χ3v) is 2.19. The Morgan fingerprint density at radius 1 is 1.77 bits per heavy atom. The van der Waals surface area contributed by atoms with Crippen LogP contribution in [0.15, 0.2) is 6.20 Å². The summed E-state index contributed by atoms with van der Waals surface area (Å²) in [4.78, 5) is 15.5. The summed E-state index contributed by atoms with van der Waals surface area (Å²) in [6.07, 6.45) is 1.29. The Morgan fingerprint density at radius 2 is 2.46 bits per heavy atom. The molecule has 0 aliphatic rings. The van der Waals surface area contributed by atoms with E-state index in [1.54, 1.807) is 13.8 Å². The van der Waals surface area contributed by atoms with Gasteiger partial charge in [-0.3, -0.25) is 0 Å². The van der Waals surface area contributed by atoms with Crippen molar-refractivity contribution < 1.29 is 14.6 Å². The van der Waals surface area contributed by atoms with Gasteiger partial charge in [-0.1, -0.05) is 0 Å². The number of thiazole rings is 1. The number of aromatic nitrogens is 1. The second-order valence-corrected chi connectivity index (χ2v) is 3.85. The van der Waals surface area contributed by atoms with Crippen LogP contribution in [0.4, 0.5) is 0 Å². The number of nitrogens with zero attached hydrogens (tertiary/aromatic N) is 1. The van der Waals surface area contributed by atoms with Crippen molar-refractivity contribution in [2.75, 3.05) is 0 Å². The highest BCUT2D eigenvalue weighted by atomic mass is 32.1. The lowest BCUT2D eigenvalue weighted by atomic mass is 10.5. The number of esters is 1. The predicted molar refractivity (Wildman–Crippen MR) is 48.6 cm³/mol. The highest BCUT2D eigenvalue weighted by Gasteiger charge is 2.12. The molecule has 4 nitrogen and oxygen atoms in total. The van der Waals surface area contributed by atoms with Gasteiger partial charge in [0, 0.05) is 0 Å². The van der Waals surface area contributed by atoms with E-state index in [-0.39, 0.29) is 18.7 Å². The maximum absolute atomic E-state index is 11.3. The van der Waals surface area contributed by atoms with Gasteiger partial charge in [0.25, 0.3) is 0 Å². The molecule has 5 heteroatoms. The first-order valence-corrected chi connectivity index (χ1v) is 4.71. The number of aliphatic hydroxyl groups excluding tert-OH is 1. The fourth-order valence-corrected chi connectivity index (χ4v) is 1.41. The predicted octanol–water partition coefficient (Wildman–Crippen LogP) is 1.20. The van der Waals surface area contributed by atoms with E-state index in [2.05, 4.69) is 4.98 Å². The largest absolute Gasteiger partial charge is 0.459 e. The maximum Gasteiger partial charge on any atom is 0.350 e. The number of hydrogen-bond acceptors (Lipinski definition) is 5. The summed E-state index contributed by atoms with van der Waals surface area (Å²) >= 11 is 1.15. The molecule has 1 heterocycles. The van der Waals surface area contributed by atoms with Crippen LogP contribution in [0.3, 0.4) is 0 Å². The molecular formula is C8H11NO3S. The van der Waals surface area contributed by atoms with E-state index in [0.717, 1.165) is 11.3 Å². The molecule has 13 heavy (non-hydrogen) atoms. The molecule has 1 N–H and O–H groups in total. The van der Waals surface area contributed by atoms with Crippen molar-refractivity contribution >= 4 is 17.3 Å². The number of aliphatic hydroxyl groups is 1. The molecule has 1 aromatic heterocycles. The first kappa shape index (κ1) is 10.1. The molecular weight excluding hydrogens is 190 g/mol. The van der Waals surface area contributed by atoms with E-state index < -0.39 is 0 Å². The number of rotatable bonds is 3. The molecule has 0 fully saturated rings. The molecule has 0 spiro atoms. The monoisotopic (exact) mass is 201 g/mol. The first-order valence-electron chi connectivity index (χ1n) is 3.90. The summed E-state index contributed by atoms with van der Waals surface area (Å²) < 4.78 is 4.94. The Bertz CT molecular complexity index is 295. The van der Waals surface area contributed by atoms with Gasteiger partial charge < -0.3 is 9.84 Å². The van der Waals surface area contributed by atoms with Gasteiger partial charge in [-0.25, -0.2) is 9.78 Å².